The Hall–Kier alpha value is -2.93. The summed E-state index contributed by atoms with van der Waals surface area (Å²) in [7, 11) is -3.68. The number of pyridine rings is 1. The summed E-state index contributed by atoms with van der Waals surface area (Å²) in [4.78, 5) is 6.46. The molecule has 1 fully saturated rings. The van der Waals surface area contributed by atoms with Crippen LogP contribution >= 0.6 is 11.3 Å². The molecule has 0 amide bonds. The Kier molecular flexibility index (Phi) is 6.55. The van der Waals surface area contributed by atoms with Gasteiger partial charge in [-0.2, -0.15) is 17.5 Å². The van der Waals surface area contributed by atoms with Gasteiger partial charge in [-0.05, 0) is 54.3 Å². The molecule has 0 aliphatic carbocycles. The van der Waals surface area contributed by atoms with Gasteiger partial charge in [0.1, 0.15) is 9.86 Å². The highest BCUT2D eigenvalue weighted by Crippen LogP contribution is 2.39. The van der Waals surface area contributed by atoms with Crippen LogP contribution in [0.15, 0.2) is 76.6 Å². The van der Waals surface area contributed by atoms with E-state index in [1.807, 2.05) is 33.9 Å². The second kappa shape index (κ2) is 9.43. The number of hydrogen-bond donors (Lipinski definition) is 1. The van der Waals surface area contributed by atoms with Crippen molar-refractivity contribution in [3.05, 3.63) is 77.9 Å². The van der Waals surface area contributed by atoms with Crippen LogP contribution in [0.1, 0.15) is 12.5 Å². The lowest BCUT2D eigenvalue weighted by Crippen LogP contribution is -2.56. The highest BCUT2D eigenvalue weighted by atomic mass is 32.2. The summed E-state index contributed by atoms with van der Waals surface area (Å²) in [6.45, 7) is 1.90. The van der Waals surface area contributed by atoms with Crippen molar-refractivity contribution in [1.29, 1.82) is 0 Å². The van der Waals surface area contributed by atoms with E-state index in [0.717, 1.165) is 29.3 Å². The van der Waals surface area contributed by atoms with Crippen molar-refractivity contribution in [3.8, 4) is 0 Å². The molecule has 1 N–H and O–H groups in total. The lowest BCUT2D eigenvalue weighted by atomic mass is 9.95. The number of fused-ring (bicyclic) bond motifs is 1. The van der Waals surface area contributed by atoms with Crippen molar-refractivity contribution < 1.29 is 26.7 Å². The zero-order valence-electron chi connectivity index (χ0n) is 19.8. The molecule has 0 radical (unpaired) electrons. The molecule has 0 saturated carbocycles. The molecule has 2 atom stereocenters. The highest BCUT2D eigenvalue weighted by Gasteiger charge is 2.51. The maximum absolute atomic E-state index is 13.3. The standard InChI is InChI=1S/C25H25F3N4O3S2/c1-24(33,25(26,27)28)19-6-8-20(9-7-19)32-14-13-31(37(34,35)22-5-3-15-36-22)17-21(32)16-30-12-10-18-4-2-11-29-23(18)30/h2-12,15,21,33H,13-14,16-17H2,1H3/t21-,24?/m0/s1. The van der Waals surface area contributed by atoms with E-state index in [1.165, 1.54) is 28.6 Å². The lowest BCUT2D eigenvalue weighted by molar-refractivity contribution is -0.258. The van der Waals surface area contributed by atoms with Crippen LogP contribution in [0.5, 0.6) is 0 Å². The third-order valence-corrected chi connectivity index (χ3v) is 10.0. The predicted molar refractivity (Wildman–Crippen MR) is 136 cm³/mol. The van der Waals surface area contributed by atoms with Gasteiger partial charge in [-0.25, -0.2) is 13.4 Å². The van der Waals surface area contributed by atoms with Gasteiger partial charge in [0.05, 0.1) is 6.04 Å². The van der Waals surface area contributed by atoms with Gasteiger partial charge in [-0.15, -0.1) is 11.3 Å². The average Bonchev–Trinajstić information content (AvgIpc) is 3.55. The fourth-order valence-electron chi connectivity index (χ4n) is 4.61. The van der Waals surface area contributed by atoms with Crippen molar-refractivity contribution >= 4 is 38.1 Å². The first-order valence-corrected chi connectivity index (χ1v) is 13.9. The number of sulfonamides is 1. The lowest BCUT2D eigenvalue weighted by Gasteiger charge is -2.42. The molecular weight excluding hydrogens is 525 g/mol. The molecule has 12 heteroatoms. The zero-order chi connectivity index (χ0) is 26.4. The first-order chi connectivity index (χ1) is 17.5. The smallest absolute Gasteiger partial charge is 0.376 e. The summed E-state index contributed by atoms with van der Waals surface area (Å²) >= 11 is 1.16. The van der Waals surface area contributed by atoms with E-state index in [1.54, 1.807) is 23.7 Å². The van der Waals surface area contributed by atoms with Gasteiger partial charge < -0.3 is 14.6 Å². The number of alkyl halides is 3. The Morgan fingerprint density at radius 2 is 1.84 bits per heavy atom. The van der Waals surface area contributed by atoms with Crippen LogP contribution in [-0.2, 0) is 22.2 Å². The summed E-state index contributed by atoms with van der Waals surface area (Å²) < 4.78 is 70.2. The molecule has 4 heterocycles. The van der Waals surface area contributed by atoms with Gasteiger partial charge in [0.25, 0.3) is 10.0 Å². The van der Waals surface area contributed by atoms with Crippen molar-refractivity contribution in [3.63, 3.8) is 0 Å². The SMILES string of the molecule is CC(O)(c1ccc(N2CCN(S(=O)(=O)c3cccs3)C[C@@H]2Cn2ccc3cccnc32)cc1)C(F)(F)F. The van der Waals surface area contributed by atoms with Gasteiger partial charge >= 0.3 is 6.18 Å². The number of rotatable bonds is 6. The minimum Gasteiger partial charge on any atom is -0.376 e. The van der Waals surface area contributed by atoms with E-state index < -0.39 is 21.8 Å². The minimum atomic E-state index is -4.82. The molecule has 0 bridgehead atoms. The van der Waals surface area contributed by atoms with Gasteiger partial charge in [0.2, 0.25) is 0 Å². The van der Waals surface area contributed by atoms with Crippen molar-refractivity contribution in [1.82, 2.24) is 13.9 Å². The Labute approximate surface area is 216 Å². The van der Waals surface area contributed by atoms with Crippen LogP contribution in [0.4, 0.5) is 18.9 Å². The monoisotopic (exact) mass is 550 g/mol. The third kappa shape index (κ3) is 4.74. The minimum absolute atomic E-state index is 0.189. The summed E-state index contributed by atoms with van der Waals surface area (Å²) in [5.41, 5.74) is -1.84. The van der Waals surface area contributed by atoms with Gasteiger partial charge in [0, 0.05) is 49.6 Å². The van der Waals surface area contributed by atoms with E-state index >= 15 is 0 Å². The maximum atomic E-state index is 13.3. The molecule has 0 spiro atoms. The van der Waals surface area contributed by atoms with E-state index in [-0.39, 0.29) is 28.9 Å². The van der Waals surface area contributed by atoms with E-state index in [9.17, 15) is 26.7 Å². The molecule has 1 saturated heterocycles. The third-order valence-electron chi connectivity index (χ3n) is 6.78. The number of piperazine rings is 1. The first-order valence-electron chi connectivity index (χ1n) is 11.6. The second-order valence-corrected chi connectivity index (χ2v) is 12.3. The largest absolute Gasteiger partial charge is 0.421 e. The first kappa shape index (κ1) is 25.7. The maximum Gasteiger partial charge on any atom is 0.421 e. The molecule has 1 aliphatic rings. The van der Waals surface area contributed by atoms with Gasteiger partial charge in [-0.1, -0.05) is 18.2 Å². The summed E-state index contributed by atoms with van der Waals surface area (Å²) in [6, 6.07) is 14.3. The number of thiophene rings is 1. The fraction of sp³-hybridized carbons (Fsp3) is 0.320. The molecule has 1 aromatic carbocycles. The number of anilines is 1. The van der Waals surface area contributed by atoms with Crippen LogP contribution in [0, 0.1) is 0 Å². The van der Waals surface area contributed by atoms with Crippen LogP contribution in [0.25, 0.3) is 11.0 Å². The molecule has 196 valence electrons. The summed E-state index contributed by atoms with van der Waals surface area (Å²) in [5, 5.41) is 12.7. The molecule has 37 heavy (non-hydrogen) atoms. The zero-order valence-corrected chi connectivity index (χ0v) is 21.5. The highest BCUT2D eigenvalue weighted by molar-refractivity contribution is 7.91. The van der Waals surface area contributed by atoms with Crippen LogP contribution in [-0.4, -0.2) is 59.2 Å². The number of halogens is 3. The molecule has 4 aromatic rings. The Morgan fingerprint density at radius 3 is 2.51 bits per heavy atom. The number of nitrogens with zero attached hydrogens (tertiary/aromatic N) is 4. The van der Waals surface area contributed by atoms with Crippen molar-refractivity contribution in [2.45, 2.75) is 35.5 Å². The molecule has 1 aliphatic heterocycles. The normalized spacial score (nSPS) is 19.3. The number of benzene rings is 1. The molecule has 7 nitrogen and oxygen atoms in total. The summed E-state index contributed by atoms with van der Waals surface area (Å²) in [5.74, 6) is 0. The van der Waals surface area contributed by atoms with Crippen LogP contribution in [0.2, 0.25) is 0 Å². The van der Waals surface area contributed by atoms with Crippen LogP contribution in [0.3, 0.4) is 0 Å². The molecule has 1 unspecified atom stereocenters. The molecular formula is C25H25F3N4O3S2. The summed E-state index contributed by atoms with van der Waals surface area (Å²) in [6.07, 6.45) is -1.23. The number of hydrogen-bond acceptors (Lipinski definition) is 6. The Bertz CT molecular complexity index is 1480. The predicted octanol–water partition coefficient (Wildman–Crippen LogP) is 4.45. The second-order valence-electron chi connectivity index (χ2n) is 9.14. The average molecular weight is 551 g/mol. The molecule has 5 rings (SSSR count). The molecule has 3 aromatic heterocycles. The Balaban J connectivity index is 1.47. The number of aliphatic hydroxyl groups is 1. The van der Waals surface area contributed by atoms with E-state index in [0.29, 0.717) is 18.8 Å². The van der Waals surface area contributed by atoms with Gasteiger partial charge in [0.15, 0.2) is 5.60 Å². The van der Waals surface area contributed by atoms with Crippen molar-refractivity contribution in [2.24, 2.45) is 0 Å². The topological polar surface area (TPSA) is 78.7 Å². The Morgan fingerprint density at radius 1 is 1.08 bits per heavy atom. The van der Waals surface area contributed by atoms with Gasteiger partial charge in [-0.3, -0.25) is 0 Å². The van der Waals surface area contributed by atoms with E-state index in [4.69, 9.17) is 0 Å². The quantitative estimate of drug-likeness (QED) is 0.384. The van der Waals surface area contributed by atoms with Crippen LogP contribution < -0.4 is 4.90 Å². The fourth-order valence-corrected chi connectivity index (χ4v) is 7.23. The van der Waals surface area contributed by atoms with Crippen molar-refractivity contribution in [2.75, 3.05) is 24.5 Å². The van der Waals surface area contributed by atoms with E-state index in [2.05, 4.69) is 4.98 Å². The number of aromatic nitrogens is 2.